The summed E-state index contributed by atoms with van der Waals surface area (Å²) in [6.45, 7) is 1.08. The van der Waals surface area contributed by atoms with Crippen LogP contribution in [0.3, 0.4) is 0 Å². The van der Waals surface area contributed by atoms with Gasteiger partial charge in [-0.05, 0) is 25.2 Å². The first-order valence-corrected chi connectivity index (χ1v) is 5.59. The number of nitrogens with one attached hydrogen (secondary N) is 1. The number of ether oxygens (including phenoxy) is 1. The van der Waals surface area contributed by atoms with Crippen LogP contribution in [-0.4, -0.2) is 29.2 Å². The summed E-state index contributed by atoms with van der Waals surface area (Å²) in [5.41, 5.74) is 1.58. The molecule has 0 bridgehead atoms. The van der Waals surface area contributed by atoms with Gasteiger partial charge in [0.1, 0.15) is 11.6 Å². The van der Waals surface area contributed by atoms with Crippen molar-refractivity contribution < 1.29 is 9.13 Å². The first-order valence-electron chi connectivity index (χ1n) is 5.59. The van der Waals surface area contributed by atoms with Gasteiger partial charge in [0.2, 0.25) is 0 Å². The third-order valence-corrected chi connectivity index (χ3v) is 2.52. The highest BCUT2D eigenvalue weighted by Gasteiger charge is 2.07. The molecule has 1 heterocycles. The van der Waals surface area contributed by atoms with Crippen molar-refractivity contribution >= 4 is 0 Å². The quantitative estimate of drug-likeness (QED) is 0.866. The number of halogens is 1. The molecule has 6 heteroatoms. The number of nitrogens with zero attached hydrogens (tertiary/aromatic N) is 3. The highest BCUT2D eigenvalue weighted by molar-refractivity contribution is 5.34. The second-order valence-electron chi connectivity index (χ2n) is 3.89. The lowest BCUT2D eigenvalue weighted by Gasteiger charge is -2.07. The van der Waals surface area contributed by atoms with E-state index in [1.807, 2.05) is 13.2 Å². The predicted molar refractivity (Wildman–Crippen MR) is 64.8 cm³/mol. The summed E-state index contributed by atoms with van der Waals surface area (Å²) in [6, 6.07) is 4.42. The van der Waals surface area contributed by atoms with E-state index in [9.17, 15) is 4.39 Å². The molecule has 0 aliphatic rings. The molecule has 0 saturated carbocycles. The van der Waals surface area contributed by atoms with Crippen molar-refractivity contribution in [2.24, 2.45) is 0 Å². The molecule has 0 saturated heterocycles. The van der Waals surface area contributed by atoms with Gasteiger partial charge >= 0.3 is 0 Å². The standard InChI is InChI=1S/C12H15FN4O/c1-14-6-11-8-17(16-15-11)7-9-5-10(13)3-4-12(9)18-2/h3-5,8,14H,6-7H2,1-2H3. The minimum atomic E-state index is -0.290. The first-order chi connectivity index (χ1) is 8.72. The van der Waals surface area contributed by atoms with Crippen LogP contribution in [0.1, 0.15) is 11.3 Å². The fourth-order valence-electron chi connectivity index (χ4n) is 1.72. The van der Waals surface area contributed by atoms with Gasteiger partial charge in [-0.3, -0.25) is 0 Å². The number of rotatable bonds is 5. The minimum absolute atomic E-state index is 0.290. The summed E-state index contributed by atoms with van der Waals surface area (Å²) in [4.78, 5) is 0. The molecule has 0 aliphatic carbocycles. The Balaban J connectivity index is 2.19. The van der Waals surface area contributed by atoms with E-state index >= 15 is 0 Å². The van der Waals surface area contributed by atoms with Gasteiger partial charge in [0.25, 0.3) is 0 Å². The first kappa shape index (κ1) is 12.5. The third kappa shape index (κ3) is 2.84. The smallest absolute Gasteiger partial charge is 0.124 e. The van der Waals surface area contributed by atoms with Crippen molar-refractivity contribution in [1.29, 1.82) is 0 Å². The molecule has 0 aliphatic heterocycles. The second kappa shape index (κ2) is 5.59. The maximum absolute atomic E-state index is 13.2. The largest absolute Gasteiger partial charge is 0.496 e. The van der Waals surface area contributed by atoms with Gasteiger partial charge in [0.15, 0.2) is 0 Å². The Labute approximate surface area is 105 Å². The van der Waals surface area contributed by atoms with E-state index in [4.69, 9.17) is 4.74 Å². The third-order valence-electron chi connectivity index (χ3n) is 2.52. The molecule has 0 atom stereocenters. The van der Waals surface area contributed by atoms with E-state index in [1.165, 1.54) is 12.1 Å². The number of hydrogen-bond acceptors (Lipinski definition) is 4. The molecular formula is C12H15FN4O. The lowest BCUT2D eigenvalue weighted by atomic mass is 10.2. The predicted octanol–water partition coefficient (Wildman–Crippen LogP) is 1.19. The Morgan fingerprint density at radius 3 is 3.00 bits per heavy atom. The van der Waals surface area contributed by atoms with E-state index in [0.29, 0.717) is 18.8 Å². The summed E-state index contributed by atoms with van der Waals surface area (Å²) in [7, 11) is 3.40. The number of benzene rings is 1. The van der Waals surface area contributed by atoms with Crippen LogP contribution in [0.25, 0.3) is 0 Å². The molecule has 2 rings (SSSR count). The van der Waals surface area contributed by atoms with Gasteiger partial charge in [-0.2, -0.15) is 0 Å². The van der Waals surface area contributed by atoms with E-state index in [2.05, 4.69) is 15.6 Å². The number of aromatic nitrogens is 3. The number of hydrogen-bond donors (Lipinski definition) is 1. The van der Waals surface area contributed by atoms with Gasteiger partial charge < -0.3 is 10.1 Å². The lowest BCUT2D eigenvalue weighted by molar-refractivity contribution is 0.405. The summed E-state index contributed by atoms with van der Waals surface area (Å²) >= 11 is 0. The second-order valence-corrected chi connectivity index (χ2v) is 3.89. The topological polar surface area (TPSA) is 52.0 Å². The zero-order chi connectivity index (χ0) is 13.0. The average molecular weight is 250 g/mol. The van der Waals surface area contributed by atoms with Gasteiger partial charge in [-0.15, -0.1) is 5.10 Å². The molecule has 1 N–H and O–H groups in total. The van der Waals surface area contributed by atoms with Crippen LogP contribution in [0, 0.1) is 5.82 Å². The summed E-state index contributed by atoms with van der Waals surface area (Å²) in [6.07, 6.45) is 1.82. The van der Waals surface area contributed by atoms with Crippen molar-refractivity contribution in [3.8, 4) is 5.75 Å². The molecule has 0 spiro atoms. The van der Waals surface area contributed by atoms with E-state index < -0.39 is 0 Å². The van der Waals surface area contributed by atoms with Crippen LogP contribution in [0.4, 0.5) is 4.39 Å². The summed E-state index contributed by atoms with van der Waals surface area (Å²) in [5, 5.41) is 11.0. The van der Waals surface area contributed by atoms with Crippen LogP contribution < -0.4 is 10.1 Å². The van der Waals surface area contributed by atoms with Crippen molar-refractivity contribution in [2.45, 2.75) is 13.1 Å². The van der Waals surface area contributed by atoms with Crippen LogP contribution in [0.15, 0.2) is 24.4 Å². The molecule has 0 fully saturated rings. The van der Waals surface area contributed by atoms with Gasteiger partial charge in [-0.1, -0.05) is 5.21 Å². The van der Waals surface area contributed by atoms with Crippen LogP contribution in [0.2, 0.25) is 0 Å². The molecule has 96 valence electrons. The maximum atomic E-state index is 13.2. The molecule has 18 heavy (non-hydrogen) atoms. The fraction of sp³-hybridized carbons (Fsp3) is 0.333. The molecule has 0 amide bonds. The van der Waals surface area contributed by atoms with Crippen LogP contribution in [-0.2, 0) is 13.1 Å². The molecular weight excluding hydrogens is 235 g/mol. The summed E-state index contributed by atoms with van der Waals surface area (Å²) < 4.78 is 20.0. The molecule has 1 aromatic heterocycles. The lowest BCUT2D eigenvalue weighted by Crippen LogP contribution is -2.05. The Kier molecular flexibility index (Phi) is 3.88. The zero-order valence-electron chi connectivity index (χ0n) is 10.4. The Morgan fingerprint density at radius 1 is 1.44 bits per heavy atom. The molecule has 5 nitrogen and oxygen atoms in total. The van der Waals surface area contributed by atoms with Crippen molar-refractivity contribution in [2.75, 3.05) is 14.2 Å². The molecule has 0 unspecified atom stereocenters. The summed E-state index contributed by atoms with van der Waals surface area (Å²) in [5.74, 6) is 0.350. The minimum Gasteiger partial charge on any atom is -0.496 e. The van der Waals surface area contributed by atoms with Crippen LogP contribution in [0.5, 0.6) is 5.75 Å². The van der Waals surface area contributed by atoms with Crippen molar-refractivity contribution in [3.63, 3.8) is 0 Å². The molecule has 0 radical (unpaired) electrons. The Hall–Kier alpha value is -1.95. The van der Waals surface area contributed by atoms with E-state index in [0.717, 1.165) is 11.3 Å². The SMILES string of the molecule is CNCc1cn(Cc2cc(F)ccc2OC)nn1. The average Bonchev–Trinajstić information content (AvgIpc) is 2.77. The van der Waals surface area contributed by atoms with Crippen LogP contribution >= 0.6 is 0 Å². The van der Waals surface area contributed by atoms with Crippen molar-refractivity contribution in [1.82, 2.24) is 20.3 Å². The fourth-order valence-corrected chi connectivity index (χ4v) is 1.72. The number of methoxy groups -OCH3 is 1. The highest BCUT2D eigenvalue weighted by Crippen LogP contribution is 2.20. The maximum Gasteiger partial charge on any atom is 0.124 e. The normalized spacial score (nSPS) is 10.6. The molecule has 1 aromatic carbocycles. The van der Waals surface area contributed by atoms with Crippen molar-refractivity contribution in [3.05, 3.63) is 41.5 Å². The monoisotopic (exact) mass is 250 g/mol. The Bertz CT molecular complexity index is 527. The van der Waals surface area contributed by atoms with E-state index in [-0.39, 0.29) is 5.82 Å². The Morgan fingerprint density at radius 2 is 2.28 bits per heavy atom. The highest BCUT2D eigenvalue weighted by atomic mass is 19.1. The van der Waals surface area contributed by atoms with Gasteiger partial charge in [0, 0.05) is 12.1 Å². The van der Waals surface area contributed by atoms with Gasteiger partial charge in [-0.25, -0.2) is 9.07 Å². The zero-order valence-corrected chi connectivity index (χ0v) is 10.4. The van der Waals surface area contributed by atoms with E-state index in [1.54, 1.807) is 17.9 Å². The van der Waals surface area contributed by atoms with Gasteiger partial charge in [0.05, 0.1) is 25.5 Å². The molecule has 2 aromatic rings.